The number of fused-ring (bicyclic) bond motifs is 1. The van der Waals surface area contributed by atoms with Crippen molar-refractivity contribution in [1.29, 1.82) is 0 Å². The van der Waals surface area contributed by atoms with Crippen molar-refractivity contribution in [3.8, 4) is 17.7 Å². The van der Waals surface area contributed by atoms with Gasteiger partial charge in [-0.2, -0.15) is 8.42 Å². The Morgan fingerprint density at radius 3 is 2.45 bits per heavy atom. The van der Waals surface area contributed by atoms with Crippen LogP contribution in [0, 0.1) is 18.8 Å². The van der Waals surface area contributed by atoms with Crippen LogP contribution in [0.4, 0.5) is 5.82 Å². The number of pyridine rings is 1. The number of thiazole rings is 1. The summed E-state index contributed by atoms with van der Waals surface area (Å²) in [5.74, 6) is 6.94. The molecule has 1 atom stereocenters. The predicted molar refractivity (Wildman–Crippen MR) is 177 cm³/mol. The van der Waals surface area contributed by atoms with E-state index in [0.29, 0.717) is 22.2 Å². The van der Waals surface area contributed by atoms with E-state index in [1.807, 2.05) is 19.1 Å². The van der Waals surface area contributed by atoms with Crippen molar-refractivity contribution in [3.05, 3.63) is 71.1 Å². The van der Waals surface area contributed by atoms with Crippen LogP contribution in [0.3, 0.4) is 0 Å². The van der Waals surface area contributed by atoms with Gasteiger partial charge in [0.25, 0.3) is 10.1 Å². The third kappa shape index (κ3) is 8.93. The summed E-state index contributed by atoms with van der Waals surface area (Å²) in [5, 5.41) is 3.56. The van der Waals surface area contributed by atoms with Crippen LogP contribution in [0.2, 0.25) is 18.1 Å². The molecule has 0 amide bonds. The number of anilines is 1. The van der Waals surface area contributed by atoms with Crippen LogP contribution in [0.25, 0.3) is 16.4 Å². The van der Waals surface area contributed by atoms with Gasteiger partial charge in [0.15, 0.2) is 8.32 Å². The minimum Gasteiger partial charge on any atom is -0.475 e. The second kappa shape index (κ2) is 14.0. The fourth-order valence-electron chi connectivity index (χ4n) is 3.55. The summed E-state index contributed by atoms with van der Waals surface area (Å²) >= 11 is 1.40. The van der Waals surface area contributed by atoms with Crippen LogP contribution in [-0.2, 0) is 18.7 Å². The lowest BCUT2D eigenvalue weighted by Crippen LogP contribution is -2.47. The molecular formula is C31H37N5O5S2Si. The molecule has 0 aliphatic carbocycles. The van der Waals surface area contributed by atoms with Crippen LogP contribution in [-0.4, -0.2) is 63.0 Å². The van der Waals surface area contributed by atoms with Crippen molar-refractivity contribution in [2.24, 2.45) is 0 Å². The molecule has 4 aromatic rings. The fraction of sp³-hybridized carbons (Fsp3) is 0.355. The molecule has 0 fully saturated rings. The number of hydrogen-bond donors (Lipinski definition) is 1. The van der Waals surface area contributed by atoms with Gasteiger partial charge in [-0.25, -0.2) is 19.9 Å². The van der Waals surface area contributed by atoms with Gasteiger partial charge in [0.1, 0.15) is 39.6 Å². The number of benzene rings is 1. The van der Waals surface area contributed by atoms with E-state index >= 15 is 0 Å². The number of hydrogen-bond acceptors (Lipinski definition) is 11. The number of aryl methyl sites for hydroxylation is 1. The van der Waals surface area contributed by atoms with Gasteiger partial charge in [0, 0.05) is 13.1 Å². The van der Waals surface area contributed by atoms with E-state index in [9.17, 15) is 8.42 Å². The lowest BCUT2D eigenvalue weighted by molar-refractivity contribution is 0.0711. The summed E-state index contributed by atoms with van der Waals surface area (Å²) in [7, 11) is -4.47. The Bertz CT molecular complexity index is 1770. The van der Waals surface area contributed by atoms with Gasteiger partial charge in [-0.3, -0.25) is 4.18 Å². The van der Waals surface area contributed by atoms with Gasteiger partial charge < -0.3 is 14.5 Å². The fourth-order valence-corrected chi connectivity index (χ4v) is 6.64. The van der Waals surface area contributed by atoms with Crippen molar-refractivity contribution in [2.75, 3.05) is 25.6 Å². The molecule has 13 heteroatoms. The Morgan fingerprint density at radius 2 is 1.80 bits per heavy atom. The molecular weight excluding hydrogens is 615 g/mol. The summed E-state index contributed by atoms with van der Waals surface area (Å²) in [6.07, 6.45) is 6.10. The van der Waals surface area contributed by atoms with Crippen LogP contribution in [0.5, 0.6) is 5.88 Å². The number of nitrogens with one attached hydrogen (secondary N) is 1. The highest BCUT2D eigenvalue weighted by atomic mass is 32.2. The Kier molecular flexibility index (Phi) is 10.5. The number of aromatic nitrogens is 4. The maximum absolute atomic E-state index is 12.9. The van der Waals surface area contributed by atoms with Gasteiger partial charge in [0.2, 0.25) is 5.88 Å². The number of ether oxygens (including phenoxy) is 1. The quantitative estimate of drug-likeness (QED) is 0.116. The van der Waals surface area contributed by atoms with Crippen molar-refractivity contribution < 1.29 is 21.8 Å². The molecule has 4 rings (SSSR count). The first-order valence-corrected chi connectivity index (χ1v) is 19.1. The molecule has 44 heavy (non-hydrogen) atoms. The monoisotopic (exact) mass is 651 g/mol. The van der Waals surface area contributed by atoms with Crippen LogP contribution < -0.4 is 10.1 Å². The summed E-state index contributed by atoms with van der Waals surface area (Å²) in [6, 6.07) is 10.1. The van der Waals surface area contributed by atoms with E-state index in [0.717, 1.165) is 16.1 Å². The molecule has 1 aromatic carbocycles. The highest BCUT2D eigenvalue weighted by Crippen LogP contribution is 2.37. The molecule has 0 radical (unpaired) electrons. The number of rotatable bonds is 11. The largest absolute Gasteiger partial charge is 0.475 e. The summed E-state index contributed by atoms with van der Waals surface area (Å²) in [4.78, 5) is 18.4. The van der Waals surface area contributed by atoms with Crippen LogP contribution in [0.1, 0.15) is 37.0 Å². The molecule has 0 saturated heterocycles. The van der Waals surface area contributed by atoms with Crippen molar-refractivity contribution >= 4 is 52.0 Å². The zero-order chi connectivity index (χ0) is 32.0. The molecule has 1 N–H and O–H groups in total. The average molecular weight is 652 g/mol. The maximum atomic E-state index is 12.9. The Balaban J connectivity index is 1.44. The van der Waals surface area contributed by atoms with E-state index in [-0.39, 0.29) is 23.1 Å². The SMILES string of the molecule is CNc1cnc(C#C/C=C/c2nc3ccc(OCC(COS(=O)(=O)c4ccc(C)cc4)O[Si](C)(C)C(C)(C)C)nc3s2)cn1. The molecule has 0 saturated carbocycles. The van der Waals surface area contributed by atoms with Gasteiger partial charge in [-0.1, -0.05) is 55.7 Å². The molecule has 0 bridgehead atoms. The first-order valence-electron chi connectivity index (χ1n) is 14.0. The van der Waals surface area contributed by atoms with Crippen LogP contribution >= 0.6 is 11.3 Å². The normalized spacial score (nSPS) is 13.1. The molecule has 0 spiro atoms. The van der Waals surface area contributed by atoms with E-state index in [1.54, 1.807) is 43.7 Å². The first-order chi connectivity index (χ1) is 20.8. The van der Waals surface area contributed by atoms with Crippen molar-refractivity contribution in [2.45, 2.75) is 56.8 Å². The molecule has 0 aliphatic heterocycles. The maximum Gasteiger partial charge on any atom is 0.297 e. The molecule has 1 unspecified atom stereocenters. The van der Waals surface area contributed by atoms with Crippen molar-refractivity contribution in [3.63, 3.8) is 0 Å². The number of allylic oxidation sites excluding steroid dienone is 1. The Morgan fingerprint density at radius 1 is 1.05 bits per heavy atom. The third-order valence-corrected chi connectivity index (χ3v) is 13.8. The predicted octanol–water partition coefficient (Wildman–Crippen LogP) is 6.07. The lowest BCUT2D eigenvalue weighted by atomic mass is 10.2. The minimum absolute atomic E-state index is 0.0633. The van der Waals surface area contributed by atoms with Gasteiger partial charge >= 0.3 is 0 Å². The highest BCUT2D eigenvalue weighted by Gasteiger charge is 2.39. The second-order valence-corrected chi connectivity index (χ2v) is 18.9. The summed E-state index contributed by atoms with van der Waals surface area (Å²) < 4.78 is 43.8. The summed E-state index contributed by atoms with van der Waals surface area (Å²) in [6.45, 7) is 12.3. The van der Waals surface area contributed by atoms with E-state index in [4.69, 9.17) is 13.3 Å². The smallest absolute Gasteiger partial charge is 0.297 e. The zero-order valence-corrected chi connectivity index (χ0v) is 28.5. The van der Waals surface area contributed by atoms with Gasteiger partial charge in [-0.05, 0) is 61.3 Å². The average Bonchev–Trinajstić information content (AvgIpc) is 3.39. The van der Waals surface area contributed by atoms with Gasteiger partial charge in [0.05, 0.1) is 23.9 Å². The standard InChI is InChI=1S/C31H37N5O5S2Si/c1-22-12-14-25(15-13-22)43(37,38)40-21-24(41-44(6,7)31(2,3)4)20-39-28-17-16-26-30(36-28)42-29(35-26)11-9-8-10-23-18-34-27(32-5)19-33-23/h9,11-19,24H,20-21H2,1-7H3,(H,32,34)/b11-9+. The van der Waals surface area contributed by atoms with E-state index < -0.39 is 24.5 Å². The molecule has 3 heterocycles. The Hall–Kier alpha value is -3.67. The lowest BCUT2D eigenvalue weighted by Gasteiger charge is -2.39. The molecule has 0 aliphatic rings. The zero-order valence-electron chi connectivity index (χ0n) is 25.9. The van der Waals surface area contributed by atoms with E-state index in [1.165, 1.54) is 23.5 Å². The van der Waals surface area contributed by atoms with E-state index in [2.05, 4.69) is 71.0 Å². The van der Waals surface area contributed by atoms with Gasteiger partial charge in [-0.15, -0.1) is 0 Å². The second-order valence-electron chi connectivity index (χ2n) is 11.5. The topological polar surface area (TPSA) is 125 Å². The Labute approximate surface area is 264 Å². The highest BCUT2D eigenvalue weighted by molar-refractivity contribution is 7.86. The van der Waals surface area contributed by atoms with Crippen LogP contribution in [0.15, 0.2) is 59.8 Å². The molecule has 232 valence electrons. The third-order valence-electron chi connectivity index (χ3n) is 7.07. The van der Waals surface area contributed by atoms with Crippen molar-refractivity contribution in [1.82, 2.24) is 19.9 Å². The summed E-state index contributed by atoms with van der Waals surface area (Å²) in [5.41, 5.74) is 2.25. The molecule has 10 nitrogen and oxygen atoms in total. The minimum atomic E-state index is -3.97. The molecule has 3 aromatic heterocycles. The first kappa shape index (κ1) is 33.2. The number of nitrogens with zero attached hydrogens (tertiary/aromatic N) is 4.